The quantitative estimate of drug-likeness (QED) is 0.354. The Kier molecular flexibility index (Phi) is 5.66. The van der Waals surface area contributed by atoms with Gasteiger partial charge in [-0.1, -0.05) is 0 Å². The molecule has 0 spiro atoms. The number of nitrogens with one attached hydrogen (secondary N) is 2. The fourth-order valence-electron chi connectivity index (χ4n) is 1.55. The van der Waals surface area contributed by atoms with Crippen LogP contribution in [0.15, 0.2) is 12.5 Å². The number of imidazole rings is 1. The van der Waals surface area contributed by atoms with Crippen LogP contribution in [0.4, 0.5) is 0 Å². The van der Waals surface area contributed by atoms with Crippen molar-refractivity contribution < 1.29 is 14.4 Å². The number of nitrogens with zero attached hydrogens (tertiary/aromatic N) is 1. The van der Waals surface area contributed by atoms with E-state index >= 15 is 0 Å². The van der Waals surface area contributed by atoms with Crippen molar-refractivity contribution in [1.82, 2.24) is 15.3 Å². The fourth-order valence-corrected chi connectivity index (χ4v) is 1.55. The van der Waals surface area contributed by atoms with Crippen LogP contribution >= 0.6 is 0 Å². The third-order valence-corrected chi connectivity index (χ3v) is 2.68. The van der Waals surface area contributed by atoms with Crippen molar-refractivity contribution in [1.29, 1.82) is 0 Å². The van der Waals surface area contributed by atoms with Crippen molar-refractivity contribution in [3.63, 3.8) is 0 Å². The lowest BCUT2D eigenvalue weighted by Crippen LogP contribution is -2.51. The van der Waals surface area contributed by atoms with E-state index in [4.69, 9.17) is 17.2 Å². The maximum Gasteiger partial charge on any atom is 0.240 e. The molecule has 0 aliphatic rings. The van der Waals surface area contributed by atoms with E-state index in [-0.39, 0.29) is 19.3 Å². The normalized spacial score (nSPS) is 13.4. The first kappa shape index (κ1) is 15.6. The first-order valence-corrected chi connectivity index (χ1v) is 6.01. The summed E-state index contributed by atoms with van der Waals surface area (Å²) in [6.45, 7) is 0. The Hall–Kier alpha value is -2.42. The van der Waals surface area contributed by atoms with Gasteiger partial charge in [0.05, 0.1) is 12.4 Å². The summed E-state index contributed by atoms with van der Waals surface area (Å²) < 4.78 is 0. The molecule has 8 N–H and O–H groups in total. The molecule has 2 atom stereocenters. The second-order valence-electron chi connectivity index (χ2n) is 4.36. The Bertz CT molecular complexity index is 473. The molecule has 1 heterocycles. The Morgan fingerprint density at radius 2 is 2.05 bits per heavy atom. The summed E-state index contributed by atoms with van der Waals surface area (Å²) in [6.07, 6.45) is 3.26. The summed E-state index contributed by atoms with van der Waals surface area (Å²) in [7, 11) is 0. The molecular formula is C11H18N6O3. The number of rotatable bonds is 8. The van der Waals surface area contributed by atoms with Crippen LogP contribution in [0.3, 0.4) is 0 Å². The van der Waals surface area contributed by atoms with E-state index in [1.807, 2.05) is 0 Å². The van der Waals surface area contributed by atoms with Crippen LogP contribution in [-0.2, 0) is 20.8 Å². The predicted octanol–water partition coefficient (Wildman–Crippen LogP) is -2.48. The highest BCUT2D eigenvalue weighted by molar-refractivity contribution is 5.89. The molecule has 0 saturated heterocycles. The first-order valence-electron chi connectivity index (χ1n) is 6.01. The van der Waals surface area contributed by atoms with Crippen LogP contribution in [0.2, 0.25) is 0 Å². The average molecular weight is 282 g/mol. The van der Waals surface area contributed by atoms with Crippen molar-refractivity contribution in [3.05, 3.63) is 18.2 Å². The molecule has 3 amide bonds. The first-order chi connectivity index (χ1) is 9.40. The smallest absolute Gasteiger partial charge is 0.240 e. The van der Waals surface area contributed by atoms with Gasteiger partial charge < -0.3 is 27.5 Å². The molecule has 0 radical (unpaired) electrons. The number of aromatic nitrogens is 2. The number of carbonyl (C=O) groups excluding carboxylic acids is 3. The molecule has 0 aliphatic heterocycles. The Balaban J connectivity index is 2.54. The van der Waals surface area contributed by atoms with Gasteiger partial charge in [-0.2, -0.15) is 0 Å². The maximum atomic E-state index is 11.8. The SMILES string of the molecule is NC(=O)CC[C@H](N)C(=O)N[C@@H](Cc1cnc[nH]1)C(N)=O. The lowest BCUT2D eigenvalue weighted by molar-refractivity contribution is -0.128. The monoisotopic (exact) mass is 282 g/mol. The third-order valence-electron chi connectivity index (χ3n) is 2.68. The van der Waals surface area contributed by atoms with E-state index < -0.39 is 29.8 Å². The molecule has 1 aromatic heterocycles. The predicted molar refractivity (Wildman–Crippen MR) is 69.8 cm³/mol. The molecule has 1 aromatic rings. The minimum absolute atomic E-state index is 0.00360. The van der Waals surface area contributed by atoms with Gasteiger partial charge in [0, 0.05) is 24.7 Å². The number of aromatic amines is 1. The number of hydrogen-bond acceptors (Lipinski definition) is 5. The Morgan fingerprint density at radius 3 is 2.55 bits per heavy atom. The maximum absolute atomic E-state index is 11.8. The van der Waals surface area contributed by atoms with Crippen molar-refractivity contribution in [2.45, 2.75) is 31.3 Å². The minimum atomic E-state index is -0.925. The summed E-state index contributed by atoms with van der Waals surface area (Å²) in [4.78, 5) is 40.3. The number of nitrogens with two attached hydrogens (primary N) is 3. The molecule has 0 unspecified atom stereocenters. The standard InChI is InChI=1S/C11H18N6O3/c12-7(1-2-9(13)18)11(20)17-8(10(14)19)3-6-4-15-5-16-6/h4-5,7-8H,1-3,12H2,(H2,13,18)(H2,14,19)(H,15,16)(H,17,20)/t7-,8-/m0/s1. The van der Waals surface area contributed by atoms with Gasteiger partial charge >= 0.3 is 0 Å². The van der Waals surface area contributed by atoms with Crippen LogP contribution in [0.25, 0.3) is 0 Å². The van der Waals surface area contributed by atoms with Crippen LogP contribution in [0.5, 0.6) is 0 Å². The van der Waals surface area contributed by atoms with Gasteiger partial charge in [-0.15, -0.1) is 0 Å². The van der Waals surface area contributed by atoms with Crippen molar-refractivity contribution in [3.8, 4) is 0 Å². The zero-order valence-corrected chi connectivity index (χ0v) is 10.8. The topological polar surface area (TPSA) is 170 Å². The van der Waals surface area contributed by atoms with Gasteiger partial charge in [0.15, 0.2) is 0 Å². The number of amides is 3. The van der Waals surface area contributed by atoms with Gasteiger partial charge in [0.1, 0.15) is 6.04 Å². The Morgan fingerprint density at radius 1 is 1.35 bits per heavy atom. The summed E-state index contributed by atoms with van der Waals surface area (Å²) >= 11 is 0. The molecule has 1 rings (SSSR count). The van der Waals surface area contributed by atoms with Crippen LogP contribution in [-0.4, -0.2) is 39.8 Å². The zero-order valence-electron chi connectivity index (χ0n) is 10.8. The average Bonchev–Trinajstić information content (AvgIpc) is 2.87. The molecular weight excluding hydrogens is 264 g/mol. The highest BCUT2D eigenvalue weighted by atomic mass is 16.2. The third kappa shape index (κ3) is 5.06. The second-order valence-corrected chi connectivity index (χ2v) is 4.36. The molecule has 20 heavy (non-hydrogen) atoms. The van der Waals surface area contributed by atoms with Crippen LogP contribution in [0, 0.1) is 0 Å². The Labute approximate surface area is 115 Å². The van der Waals surface area contributed by atoms with Gasteiger partial charge in [-0.3, -0.25) is 14.4 Å². The molecule has 9 nitrogen and oxygen atoms in total. The lowest BCUT2D eigenvalue weighted by Gasteiger charge is -2.17. The van der Waals surface area contributed by atoms with E-state index in [1.165, 1.54) is 12.5 Å². The lowest BCUT2D eigenvalue weighted by atomic mass is 10.1. The van der Waals surface area contributed by atoms with E-state index in [0.29, 0.717) is 5.69 Å². The van der Waals surface area contributed by atoms with Crippen molar-refractivity contribution in [2.75, 3.05) is 0 Å². The fraction of sp³-hybridized carbons (Fsp3) is 0.455. The van der Waals surface area contributed by atoms with Crippen molar-refractivity contribution in [2.24, 2.45) is 17.2 Å². The summed E-state index contributed by atoms with van der Waals surface area (Å²) in [5.74, 6) is -1.79. The zero-order chi connectivity index (χ0) is 15.1. The van der Waals surface area contributed by atoms with Crippen LogP contribution in [0.1, 0.15) is 18.5 Å². The molecule has 0 saturated carbocycles. The number of H-pyrrole nitrogens is 1. The van der Waals surface area contributed by atoms with Crippen molar-refractivity contribution >= 4 is 17.7 Å². The van der Waals surface area contributed by atoms with Gasteiger partial charge in [0.25, 0.3) is 0 Å². The molecule has 9 heteroatoms. The summed E-state index contributed by atoms with van der Waals surface area (Å²) in [5.41, 5.74) is 16.4. The molecule has 110 valence electrons. The molecule has 0 aliphatic carbocycles. The van der Waals surface area contributed by atoms with E-state index in [1.54, 1.807) is 0 Å². The van der Waals surface area contributed by atoms with E-state index in [2.05, 4.69) is 15.3 Å². The number of carbonyl (C=O) groups is 3. The van der Waals surface area contributed by atoms with Gasteiger partial charge in [-0.25, -0.2) is 4.98 Å². The molecule has 0 bridgehead atoms. The summed E-state index contributed by atoms with van der Waals surface area (Å²) in [6, 6.07) is -1.83. The highest BCUT2D eigenvalue weighted by Gasteiger charge is 2.22. The number of hydrogen-bond donors (Lipinski definition) is 5. The van der Waals surface area contributed by atoms with Crippen LogP contribution < -0.4 is 22.5 Å². The highest BCUT2D eigenvalue weighted by Crippen LogP contribution is 2.00. The minimum Gasteiger partial charge on any atom is -0.370 e. The summed E-state index contributed by atoms with van der Waals surface area (Å²) in [5, 5.41) is 2.44. The molecule has 0 aromatic carbocycles. The van der Waals surface area contributed by atoms with Gasteiger partial charge in [-0.05, 0) is 6.42 Å². The van der Waals surface area contributed by atoms with E-state index in [9.17, 15) is 14.4 Å². The van der Waals surface area contributed by atoms with E-state index in [0.717, 1.165) is 0 Å². The largest absolute Gasteiger partial charge is 0.370 e. The molecule has 0 fully saturated rings. The number of primary amides is 2. The second kappa shape index (κ2) is 7.24. The van der Waals surface area contributed by atoms with Gasteiger partial charge in [0.2, 0.25) is 17.7 Å².